The average Bonchev–Trinajstić information content (AvgIpc) is 2.91. The third-order valence-corrected chi connectivity index (χ3v) is 1.99. The Morgan fingerprint density at radius 3 is 2.71 bits per heavy atom. The van der Waals surface area contributed by atoms with Crippen molar-refractivity contribution in [2.24, 2.45) is 0 Å². The van der Waals surface area contributed by atoms with Crippen LogP contribution in [0.15, 0.2) is 17.0 Å². The number of oxazole rings is 1. The highest BCUT2D eigenvalue weighted by Crippen LogP contribution is 2.12. The summed E-state index contributed by atoms with van der Waals surface area (Å²) in [7, 11) is 0. The molecular formula is C9H8N2O6. The van der Waals surface area contributed by atoms with Gasteiger partial charge in [-0.25, -0.2) is 9.78 Å². The first-order valence-corrected chi connectivity index (χ1v) is 4.74. The van der Waals surface area contributed by atoms with Crippen LogP contribution in [0.1, 0.15) is 18.6 Å². The minimum Gasteiger partial charge on any atom is -0.445 e. The van der Waals surface area contributed by atoms with E-state index in [1.165, 1.54) is 12.6 Å². The fraction of sp³-hybridized carbons (Fsp3) is 0.333. The van der Waals surface area contributed by atoms with Crippen molar-refractivity contribution in [1.29, 1.82) is 0 Å². The van der Waals surface area contributed by atoms with E-state index in [-0.39, 0.29) is 19.4 Å². The van der Waals surface area contributed by atoms with E-state index in [9.17, 15) is 14.4 Å². The molecule has 0 aliphatic carbocycles. The molecule has 0 unspecified atom stereocenters. The SMILES string of the molecule is O=C(OCc1cnco1)ON1C(=O)CCC1=O. The Morgan fingerprint density at radius 2 is 2.12 bits per heavy atom. The molecule has 0 atom stereocenters. The van der Waals surface area contributed by atoms with Crippen molar-refractivity contribution in [3.63, 3.8) is 0 Å². The van der Waals surface area contributed by atoms with Crippen molar-refractivity contribution < 1.29 is 28.4 Å². The summed E-state index contributed by atoms with van der Waals surface area (Å²) in [5, 5.41) is 0.405. The molecule has 1 saturated heterocycles. The van der Waals surface area contributed by atoms with E-state index >= 15 is 0 Å². The first-order valence-electron chi connectivity index (χ1n) is 4.74. The van der Waals surface area contributed by atoms with Gasteiger partial charge in [0.25, 0.3) is 11.8 Å². The lowest BCUT2D eigenvalue weighted by Gasteiger charge is -2.11. The minimum absolute atomic E-state index is 0.0359. The Morgan fingerprint density at radius 1 is 1.41 bits per heavy atom. The van der Waals surface area contributed by atoms with Gasteiger partial charge in [-0.3, -0.25) is 14.4 Å². The van der Waals surface area contributed by atoms with E-state index in [1.54, 1.807) is 0 Å². The van der Waals surface area contributed by atoms with Crippen LogP contribution in [0.2, 0.25) is 0 Å². The summed E-state index contributed by atoms with van der Waals surface area (Å²) in [6.07, 6.45) is 1.46. The number of imide groups is 1. The largest absolute Gasteiger partial charge is 0.534 e. The number of amides is 2. The summed E-state index contributed by atoms with van der Waals surface area (Å²) in [5.74, 6) is -0.806. The van der Waals surface area contributed by atoms with Crippen LogP contribution >= 0.6 is 0 Å². The van der Waals surface area contributed by atoms with Crippen LogP contribution in [0, 0.1) is 0 Å². The summed E-state index contributed by atoms with van der Waals surface area (Å²) in [6.45, 7) is -0.185. The first-order chi connectivity index (χ1) is 8.16. The van der Waals surface area contributed by atoms with E-state index in [4.69, 9.17) is 4.42 Å². The number of hydrogen-bond acceptors (Lipinski definition) is 7. The van der Waals surface area contributed by atoms with Gasteiger partial charge >= 0.3 is 6.16 Å². The second-order valence-electron chi connectivity index (χ2n) is 3.18. The van der Waals surface area contributed by atoms with Crippen molar-refractivity contribution in [2.45, 2.75) is 19.4 Å². The predicted molar refractivity (Wildman–Crippen MR) is 48.9 cm³/mol. The Hall–Kier alpha value is -2.38. The van der Waals surface area contributed by atoms with Crippen LogP contribution in [0.25, 0.3) is 0 Å². The Bertz CT molecular complexity index is 424. The molecule has 2 amide bonds. The van der Waals surface area contributed by atoms with E-state index in [0.29, 0.717) is 10.8 Å². The van der Waals surface area contributed by atoms with Gasteiger partial charge in [-0.05, 0) is 0 Å². The van der Waals surface area contributed by atoms with Crippen LogP contribution in [0.3, 0.4) is 0 Å². The Kier molecular flexibility index (Phi) is 3.03. The zero-order valence-electron chi connectivity index (χ0n) is 8.62. The van der Waals surface area contributed by atoms with Crippen molar-refractivity contribution in [1.82, 2.24) is 10.0 Å². The molecule has 2 rings (SSSR count). The number of carbonyl (C=O) groups is 3. The van der Waals surface area contributed by atoms with E-state index in [0.717, 1.165) is 0 Å². The molecule has 1 aliphatic heterocycles. The summed E-state index contributed by atoms with van der Waals surface area (Å²) in [4.78, 5) is 41.4. The fourth-order valence-electron chi connectivity index (χ4n) is 1.20. The highest BCUT2D eigenvalue weighted by molar-refractivity contribution is 6.01. The fourth-order valence-corrected chi connectivity index (χ4v) is 1.20. The lowest BCUT2D eigenvalue weighted by molar-refractivity contribution is -0.177. The number of hydrogen-bond donors (Lipinski definition) is 0. The molecule has 1 aromatic rings. The van der Waals surface area contributed by atoms with Crippen molar-refractivity contribution in [3.05, 3.63) is 18.4 Å². The number of nitrogens with zero attached hydrogens (tertiary/aromatic N) is 2. The average molecular weight is 240 g/mol. The third kappa shape index (κ3) is 2.60. The Labute approximate surface area is 95.1 Å². The normalized spacial score (nSPS) is 15.2. The monoisotopic (exact) mass is 240 g/mol. The highest BCUT2D eigenvalue weighted by atomic mass is 16.8. The lowest BCUT2D eigenvalue weighted by atomic mass is 10.4. The van der Waals surface area contributed by atoms with Crippen molar-refractivity contribution in [3.8, 4) is 0 Å². The predicted octanol–water partition coefficient (Wildman–Crippen LogP) is 0.392. The Balaban J connectivity index is 1.81. The second-order valence-corrected chi connectivity index (χ2v) is 3.18. The number of rotatable bonds is 3. The van der Waals surface area contributed by atoms with Crippen LogP contribution in [-0.4, -0.2) is 28.0 Å². The molecule has 1 aliphatic rings. The lowest BCUT2D eigenvalue weighted by Crippen LogP contribution is -2.32. The van der Waals surface area contributed by atoms with Crippen LogP contribution < -0.4 is 0 Å². The second kappa shape index (κ2) is 4.64. The van der Waals surface area contributed by atoms with Gasteiger partial charge in [0, 0.05) is 12.8 Å². The first kappa shape index (κ1) is 11.1. The van der Waals surface area contributed by atoms with Gasteiger partial charge in [-0.15, -0.1) is 0 Å². The van der Waals surface area contributed by atoms with Gasteiger partial charge in [0.05, 0.1) is 6.20 Å². The van der Waals surface area contributed by atoms with Gasteiger partial charge in [0.1, 0.15) is 0 Å². The molecule has 0 aromatic carbocycles. The molecule has 1 aromatic heterocycles. The third-order valence-electron chi connectivity index (χ3n) is 1.99. The molecule has 8 heteroatoms. The van der Waals surface area contributed by atoms with Crippen LogP contribution in [0.4, 0.5) is 4.79 Å². The van der Waals surface area contributed by atoms with Gasteiger partial charge in [0.2, 0.25) is 0 Å². The molecule has 17 heavy (non-hydrogen) atoms. The maximum absolute atomic E-state index is 11.1. The molecule has 90 valence electrons. The van der Waals surface area contributed by atoms with E-state index < -0.39 is 18.0 Å². The molecule has 0 radical (unpaired) electrons. The standard InChI is InChI=1S/C9H8N2O6/c12-7-1-2-8(13)11(7)17-9(14)15-4-6-3-10-5-16-6/h3,5H,1-2,4H2. The molecule has 1 fully saturated rings. The van der Waals surface area contributed by atoms with E-state index in [2.05, 4.69) is 14.6 Å². The summed E-state index contributed by atoms with van der Waals surface area (Å²) < 4.78 is 9.41. The molecule has 0 saturated carbocycles. The van der Waals surface area contributed by atoms with Crippen LogP contribution in [0.5, 0.6) is 0 Å². The molecule has 0 N–H and O–H groups in total. The van der Waals surface area contributed by atoms with Crippen molar-refractivity contribution in [2.75, 3.05) is 0 Å². The number of ether oxygens (including phenoxy) is 1. The highest BCUT2D eigenvalue weighted by Gasteiger charge is 2.33. The smallest absolute Gasteiger partial charge is 0.445 e. The van der Waals surface area contributed by atoms with Crippen LogP contribution in [-0.2, 0) is 25.8 Å². The minimum atomic E-state index is -1.15. The summed E-state index contributed by atoms with van der Waals surface area (Å²) in [5.41, 5.74) is 0. The van der Waals surface area contributed by atoms with Gasteiger partial charge in [-0.1, -0.05) is 5.06 Å². The summed E-state index contributed by atoms with van der Waals surface area (Å²) in [6, 6.07) is 0. The molecular weight excluding hydrogens is 232 g/mol. The number of aromatic nitrogens is 1. The van der Waals surface area contributed by atoms with Gasteiger partial charge < -0.3 is 9.15 Å². The molecule has 0 spiro atoms. The summed E-state index contributed by atoms with van der Waals surface area (Å²) >= 11 is 0. The topological polar surface area (TPSA) is 98.9 Å². The molecule has 0 bridgehead atoms. The maximum Gasteiger partial charge on any atom is 0.534 e. The van der Waals surface area contributed by atoms with Crippen molar-refractivity contribution >= 4 is 18.0 Å². The maximum atomic E-state index is 11.1. The number of hydroxylamine groups is 2. The van der Waals surface area contributed by atoms with Gasteiger partial charge in [0.15, 0.2) is 18.8 Å². The number of carbonyl (C=O) groups excluding carboxylic acids is 3. The zero-order valence-corrected chi connectivity index (χ0v) is 8.62. The zero-order chi connectivity index (χ0) is 12.3. The molecule has 2 heterocycles. The van der Waals surface area contributed by atoms with E-state index in [1.807, 2.05) is 0 Å². The quantitative estimate of drug-likeness (QED) is 0.556. The molecule has 8 nitrogen and oxygen atoms in total. The van der Waals surface area contributed by atoms with Gasteiger partial charge in [-0.2, -0.15) is 0 Å².